The molecule has 0 radical (unpaired) electrons. The predicted octanol–water partition coefficient (Wildman–Crippen LogP) is 4.52. The third-order valence-electron chi connectivity index (χ3n) is 4.79. The van der Waals surface area contributed by atoms with Crippen LogP contribution in [0.4, 0.5) is 5.69 Å². The second-order valence-electron chi connectivity index (χ2n) is 6.75. The summed E-state index contributed by atoms with van der Waals surface area (Å²) in [5.41, 5.74) is 1.16. The molecule has 1 aliphatic carbocycles. The van der Waals surface area contributed by atoms with Gasteiger partial charge in [0.1, 0.15) is 4.21 Å². The number of benzene rings is 1. The number of hydrogen-bond donors (Lipinski definition) is 1. The maximum atomic E-state index is 12.8. The van der Waals surface area contributed by atoms with Crippen molar-refractivity contribution in [1.82, 2.24) is 15.4 Å². The van der Waals surface area contributed by atoms with Gasteiger partial charge in [0, 0.05) is 23.2 Å². The number of rotatable bonds is 6. The van der Waals surface area contributed by atoms with Gasteiger partial charge in [-0.1, -0.05) is 23.7 Å². The number of nitrogens with one attached hydrogen (secondary N) is 1. The number of nitrogens with zero attached hydrogens (tertiary/aromatic N) is 3. The molecule has 0 atom stereocenters. The predicted molar refractivity (Wildman–Crippen MR) is 107 cm³/mol. The van der Waals surface area contributed by atoms with E-state index in [1.54, 1.807) is 30.3 Å². The number of aromatic nitrogens is 3. The van der Waals surface area contributed by atoms with Crippen LogP contribution in [0.25, 0.3) is 22.1 Å². The summed E-state index contributed by atoms with van der Waals surface area (Å²) in [6.45, 7) is 0. The molecular formula is C19H16N4O4S2. The average Bonchev–Trinajstić information content (AvgIpc) is 3.41. The molecule has 3 aromatic heterocycles. The van der Waals surface area contributed by atoms with E-state index < -0.39 is 10.0 Å². The first-order chi connectivity index (χ1) is 14.1. The minimum absolute atomic E-state index is 0.168. The third-order valence-corrected chi connectivity index (χ3v) is 7.74. The van der Waals surface area contributed by atoms with Crippen molar-refractivity contribution in [2.75, 3.05) is 4.72 Å². The fraction of sp³-hybridized carbons (Fsp3) is 0.211. The van der Waals surface area contributed by atoms with E-state index >= 15 is 0 Å². The summed E-state index contributed by atoms with van der Waals surface area (Å²) in [6.07, 6.45) is 4.83. The Labute approximate surface area is 170 Å². The Morgan fingerprint density at radius 1 is 1.10 bits per heavy atom. The van der Waals surface area contributed by atoms with Gasteiger partial charge in [-0.3, -0.25) is 4.72 Å². The van der Waals surface area contributed by atoms with Crippen LogP contribution in [0.2, 0.25) is 0 Å². The maximum Gasteiger partial charge on any atom is 0.271 e. The van der Waals surface area contributed by atoms with E-state index in [9.17, 15) is 8.42 Å². The molecule has 0 amide bonds. The van der Waals surface area contributed by atoms with Gasteiger partial charge in [-0.05, 0) is 37.1 Å². The van der Waals surface area contributed by atoms with Crippen LogP contribution in [-0.2, 0) is 10.0 Å². The zero-order chi connectivity index (χ0) is 19.8. The summed E-state index contributed by atoms with van der Waals surface area (Å²) < 4.78 is 39.2. The van der Waals surface area contributed by atoms with E-state index in [4.69, 9.17) is 8.94 Å². The fourth-order valence-electron chi connectivity index (χ4n) is 3.04. The van der Waals surface area contributed by atoms with E-state index in [1.807, 2.05) is 6.07 Å². The van der Waals surface area contributed by atoms with E-state index in [0.717, 1.165) is 29.7 Å². The summed E-state index contributed by atoms with van der Waals surface area (Å²) >= 11 is 1.09. The highest BCUT2D eigenvalue weighted by Crippen LogP contribution is 2.38. The van der Waals surface area contributed by atoms with Crippen LogP contribution in [0.1, 0.15) is 31.1 Å². The molecule has 0 bridgehead atoms. The molecule has 0 aliphatic heterocycles. The van der Waals surface area contributed by atoms with Crippen molar-refractivity contribution in [3.05, 3.63) is 54.6 Å². The first-order valence-electron chi connectivity index (χ1n) is 9.06. The first kappa shape index (κ1) is 18.1. The van der Waals surface area contributed by atoms with Gasteiger partial charge in [0.2, 0.25) is 5.89 Å². The van der Waals surface area contributed by atoms with Crippen LogP contribution in [0.15, 0.2) is 61.8 Å². The molecule has 1 fully saturated rings. The highest BCUT2D eigenvalue weighted by Gasteiger charge is 2.26. The molecule has 5 rings (SSSR count). The molecular weight excluding hydrogens is 412 g/mol. The highest BCUT2D eigenvalue weighted by molar-refractivity contribution is 7.94. The summed E-state index contributed by atoms with van der Waals surface area (Å²) in [4.78, 5) is 0.624. The van der Waals surface area contributed by atoms with Gasteiger partial charge in [0.25, 0.3) is 15.9 Å². The topological polar surface area (TPSA) is 111 Å². The lowest BCUT2D eigenvalue weighted by atomic mass is 9.85. The van der Waals surface area contributed by atoms with Gasteiger partial charge in [-0.25, -0.2) is 8.42 Å². The molecule has 148 valence electrons. The maximum absolute atomic E-state index is 12.8. The van der Waals surface area contributed by atoms with Gasteiger partial charge in [0.05, 0.1) is 11.1 Å². The Bertz CT molecular complexity index is 1240. The van der Waals surface area contributed by atoms with Crippen molar-refractivity contribution >= 4 is 27.0 Å². The number of sulfonamides is 1. The Hall–Kier alpha value is -2.98. The number of anilines is 1. The van der Waals surface area contributed by atoms with Gasteiger partial charge in [-0.15, -0.1) is 21.5 Å². The van der Waals surface area contributed by atoms with Crippen LogP contribution in [-0.4, -0.2) is 23.8 Å². The fourth-order valence-corrected chi connectivity index (χ4v) is 5.32. The lowest BCUT2D eigenvalue weighted by Crippen LogP contribution is -2.11. The van der Waals surface area contributed by atoms with Gasteiger partial charge in [0.15, 0.2) is 5.76 Å². The van der Waals surface area contributed by atoms with Crippen LogP contribution >= 0.6 is 11.3 Å². The normalized spacial score (nSPS) is 14.6. The van der Waals surface area contributed by atoms with Crippen molar-refractivity contribution in [3.8, 4) is 22.1 Å². The standard InChI is InChI=1S/C19H16N4O4S2/c24-29(25,23-14-6-2-5-13(11-14)15-9-10-20-27-15)17-8-7-16(28-17)19-22-21-18(26-19)12-3-1-4-12/h2,5-12,23H,1,3-4H2. The zero-order valence-electron chi connectivity index (χ0n) is 15.1. The van der Waals surface area contributed by atoms with E-state index in [2.05, 4.69) is 20.1 Å². The zero-order valence-corrected chi connectivity index (χ0v) is 16.7. The van der Waals surface area contributed by atoms with Crippen molar-refractivity contribution in [2.45, 2.75) is 29.4 Å². The minimum atomic E-state index is -3.76. The Morgan fingerprint density at radius 3 is 2.76 bits per heavy atom. The molecule has 0 spiro atoms. The molecule has 0 unspecified atom stereocenters. The van der Waals surface area contributed by atoms with E-state index in [0.29, 0.717) is 34.0 Å². The van der Waals surface area contributed by atoms with Crippen molar-refractivity contribution in [2.24, 2.45) is 0 Å². The molecule has 1 aromatic carbocycles. The van der Waals surface area contributed by atoms with Gasteiger partial charge < -0.3 is 8.94 Å². The summed E-state index contributed by atoms with van der Waals surface area (Å²) in [5.74, 6) is 1.87. The largest absolute Gasteiger partial charge is 0.420 e. The molecule has 3 heterocycles. The lowest BCUT2D eigenvalue weighted by molar-refractivity contribution is 0.338. The molecule has 0 saturated heterocycles. The van der Waals surface area contributed by atoms with Crippen molar-refractivity contribution < 1.29 is 17.4 Å². The van der Waals surface area contributed by atoms with Crippen LogP contribution < -0.4 is 4.72 Å². The minimum Gasteiger partial charge on any atom is -0.420 e. The average molecular weight is 428 g/mol. The van der Waals surface area contributed by atoms with Crippen molar-refractivity contribution in [1.29, 1.82) is 0 Å². The number of hydrogen-bond acceptors (Lipinski definition) is 8. The molecule has 1 N–H and O–H groups in total. The molecule has 10 heteroatoms. The van der Waals surface area contributed by atoms with Crippen LogP contribution in [0.5, 0.6) is 0 Å². The molecule has 29 heavy (non-hydrogen) atoms. The Morgan fingerprint density at radius 2 is 2.00 bits per heavy atom. The first-order valence-corrected chi connectivity index (χ1v) is 11.4. The quantitative estimate of drug-likeness (QED) is 0.480. The summed E-state index contributed by atoms with van der Waals surface area (Å²) in [6, 6.07) is 11.9. The molecule has 1 aliphatic rings. The highest BCUT2D eigenvalue weighted by atomic mass is 32.2. The Kier molecular flexibility index (Phi) is 4.44. The smallest absolute Gasteiger partial charge is 0.271 e. The molecule has 8 nitrogen and oxygen atoms in total. The summed E-state index contributed by atoms with van der Waals surface area (Å²) in [7, 11) is -3.76. The summed E-state index contributed by atoms with van der Waals surface area (Å²) in [5, 5.41) is 11.8. The monoisotopic (exact) mass is 428 g/mol. The van der Waals surface area contributed by atoms with E-state index in [1.165, 1.54) is 18.7 Å². The molecule has 4 aromatic rings. The second kappa shape index (κ2) is 7.12. The third kappa shape index (κ3) is 3.56. The van der Waals surface area contributed by atoms with Crippen molar-refractivity contribution in [3.63, 3.8) is 0 Å². The lowest BCUT2D eigenvalue weighted by Gasteiger charge is -2.20. The SMILES string of the molecule is O=S(=O)(Nc1cccc(-c2ccno2)c1)c1ccc(-c2nnc(C3CCC3)o2)s1. The van der Waals surface area contributed by atoms with Gasteiger partial charge >= 0.3 is 0 Å². The second-order valence-corrected chi connectivity index (χ2v) is 9.75. The van der Waals surface area contributed by atoms with E-state index in [-0.39, 0.29) is 4.21 Å². The van der Waals surface area contributed by atoms with Gasteiger partial charge in [-0.2, -0.15) is 0 Å². The Balaban J connectivity index is 1.37. The van der Waals surface area contributed by atoms with Crippen LogP contribution in [0.3, 0.4) is 0 Å². The molecule has 1 saturated carbocycles. The van der Waals surface area contributed by atoms with Crippen LogP contribution in [0, 0.1) is 0 Å². The number of thiophene rings is 1.